The van der Waals surface area contributed by atoms with Crippen LogP contribution < -0.4 is 0 Å². The quantitative estimate of drug-likeness (QED) is 0.519. The van der Waals surface area contributed by atoms with E-state index in [1.54, 1.807) is 37.4 Å². The van der Waals surface area contributed by atoms with E-state index in [1.165, 1.54) is 12.1 Å². The lowest BCUT2D eigenvalue weighted by Crippen LogP contribution is -1.88. The van der Waals surface area contributed by atoms with Crippen LogP contribution in [-0.4, -0.2) is 16.2 Å². The van der Waals surface area contributed by atoms with Gasteiger partial charge >= 0.3 is 0 Å². The second-order valence-corrected chi connectivity index (χ2v) is 4.08. The van der Waals surface area contributed by atoms with Crippen LogP contribution >= 0.6 is 0 Å². The third-order valence-electron chi connectivity index (χ3n) is 2.61. The van der Waals surface area contributed by atoms with E-state index in [2.05, 4.69) is 4.99 Å². The number of aromatic hydroxyl groups is 1. The molecule has 2 aromatic rings. The smallest absolute Gasteiger partial charge is 0.269 e. The minimum absolute atomic E-state index is 0.0498. The highest BCUT2D eigenvalue weighted by Gasteiger charge is 2.06. The molecule has 0 unspecified atom stereocenters. The second kappa shape index (κ2) is 5.30. The van der Waals surface area contributed by atoms with Crippen LogP contribution in [0.5, 0.6) is 5.75 Å². The number of phenolic OH excluding ortho intramolecular Hbond substituents is 1. The first-order valence-electron chi connectivity index (χ1n) is 5.64. The van der Waals surface area contributed by atoms with E-state index in [4.69, 9.17) is 0 Å². The predicted molar refractivity (Wildman–Crippen MR) is 73.2 cm³/mol. The Hall–Kier alpha value is -2.69. The number of rotatable bonds is 3. The van der Waals surface area contributed by atoms with Gasteiger partial charge in [0.2, 0.25) is 0 Å². The fraction of sp³-hybridized carbons (Fsp3) is 0.0714. The number of phenols is 1. The highest BCUT2D eigenvalue weighted by Crippen LogP contribution is 2.23. The van der Waals surface area contributed by atoms with Gasteiger partial charge in [0.15, 0.2) is 0 Å². The topological polar surface area (TPSA) is 75.7 Å². The molecule has 0 amide bonds. The first kappa shape index (κ1) is 12.8. The second-order valence-electron chi connectivity index (χ2n) is 4.08. The number of aryl methyl sites for hydroxylation is 1. The normalized spacial score (nSPS) is 10.8. The maximum absolute atomic E-state index is 10.6. The first-order valence-corrected chi connectivity index (χ1v) is 5.64. The lowest BCUT2D eigenvalue weighted by atomic mass is 10.2. The third-order valence-corrected chi connectivity index (χ3v) is 2.61. The van der Waals surface area contributed by atoms with Gasteiger partial charge in [0, 0.05) is 18.3 Å². The van der Waals surface area contributed by atoms with E-state index in [0.29, 0.717) is 5.69 Å². The predicted octanol–water partition coefficient (Wildman–Crippen LogP) is 3.36. The summed E-state index contributed by atoms with van der Waals surface area (Å²) in [5.74, 6) is 0.171. The molecule has 2 rings (SSSR count). The molecule has 1 N–H and O–H groups in total. The van der Waals surface area contributed by atoms with Gasteiger partial charge in [0.05, 0.1) is 10.6 Å². The van der Waals surface area contributed by atoms with Crippen molar-refractivity contribution in [2.24, 2.45) is 4.99 Å². The molecule has 0 aliphatic rings. The summed E-state index contributed by atoms with van der Waals surface area (Å²) in [6.07, 6.45) is 1.61. The van der Waals surface area contributed by atoms with Crippen molar-refractivity contribution in [3.63, 3.8) is 0 Å². The lowest BCUT2D eigenvalue weighted by molar-refractivity contribution is -0.384. The van der Waals surface area contributed by atoms with Crippen molar-refractivity contribution in [1.82, 2.24) is 0 Å². The number of hydrogen-bond acceptors (Lipinski definition) is 4. The molecule has 0 radical (unpaired) electrons. The maximum Gasteiger partial charge on any atom is 0.269 e. The number of non-ortho nitro benzene ring substituents is 1. The van der Waals surface area contributed by atoms with Crippen molar-refractivity contribution in [3.8, 4) is 5.75 Å². The minimum Gasteiger partial charge on any atom is -0.508 e. The summed E-state index contributed by atoms with van der Waals surface area (Å²) in [5, 5.41) is 19.9. The Bertz CT molecular complexity index is 651. The number of benzene rings is 2. The Balaban J connectivity index is 2.26. The summed E-state index contributed by atoms with van der Waals surface area (Å²) in [7, 11) is 0. The zero-order valence-electron chi connectivity index (χ0n) is 10.3. The summed E-state index contributed by atoms with van der Waals surface area (Å²) in [6.45, 7) is 1.77. The van der Waals surface area contributed by atoms with Gasteiger partial charge in [-0.1, -0.05) is 12.1 Å². The van der Waals surface area contributed by atoms with Crippen molar-refractivity contribution in [3.05, 3.63) is 63.7 Å². The summed E-state index contributed by atoms with van der Waals surface area (Å²) >= 11 is 0. The number of nitro groups is 1. The molecular formula is C14H12N2O3. The Morgan fingerprint density at radius 2 is 2.05 bits per heavy atom. The van der Waals surface area contributed by atoms with E-state index in [0.717, 1.165) is 11.1 Å². The largest absolute Gasteiger partial charge is 0.508 e. The van der Waals surface area contributed by atoms with Gasteiger partial charge in [-0.05, 0) is 36.2 Å². The van der Waals surface area contributed by atoms with E-state index in [-0.39, 0.29) is 11.4 Å². The molecule has 2 aromatic carbocycles. The monoisotopic (exact) mass is 256 g/mol. The van der Waals surface area contributed by atoms with Crippen LogP contribution in [0, 0.1) is 17.0 Å². The Kier molecular flexibility index (Phi) is 3.56. The molecule has 5 nitrogen and oxygen atoms in total. The van der Waals surface area contributed by atoms with Crippen molar-refractivity contribution < 1.29 is 10.0 Å². The van der Waals surface area contributed by atoms with Gasteiger partial charge in [-0.15, -0.1) is 0 Å². The van der Waals surface area contributed by atoms with Crippen LogP contribution in [0.15, 0.2) is 47.5 Å². The molecule has 0 saturated heterocycles. The molecule has 0 aromatic heterocycles. The Morgan fingerprint density at radius 1 is 1.26 bits per heavy atom. The highest BCUT2D eigenvalue weighted by molar-refractivity contribution is 5.82. The fourth-order valence-electron chi connectivity index (χ4n) is 1.65. The minimum atomic E-state index is -0.435. The van der Waals surface area contributed by atoms with Crippen molar-refractivity contribution >= 4 is 17.6 Å². The molecule has 96 valence electrons. The van der Waals surface area contributed by atoms with Crippen molar-refractivity contribution in [1.29, 1.82) is 0 Å². The van der Waals surface area contributed by atoms with Crippen LogP contribution in [0.4, 0.5) is 11.4 Å². The Morgan fingerprint density at radius 3 is 2.68 bits per heavy atom. The average Bonchev–Trinajstić information content (AvgIpc) is 2.37. The molecule has 19 heavy (non-hydrogen) atoms. The van der Waals surface area contributed by atoms with Gasteiger partial charge in [-0.2, -0.15) is 0 Å². The van der Waals surface area contributed by atoms with Crippen LogP contribution in [0.25, 0.3) is 0 Å². The first-order chi connectivity index (χ1) is 9.06. The van der Waals surface area contributed by atoms with Crippen LogP contribution in [0.1, 0.15) is 11.1 Å². The number of aliphatic imine (C=N–C) groups is 1. The number of nitrogens with zero attached hydrogens (tertiary/aromatic N) is 2. The molecule has 0 fully saturated rings. The van der Waals surface area contributed by atoms with Gasteiger partial charge in [0.1, 0.15) is 5.75 Å². The van der Waals surface area contributed by atoms with E-state index < -0.39 is 4.92 Å². The molecule has 0 aliphatic carbocycles. The van der Waals surface area contributed by atoms with Gasteiger partial charge in [-0.25, -0.2) is 0 Å². The maximum atomic E-state index is 10.6. The molecule has 0 spiro atoms. The zero-order chi connectivity index (χ0) is 13.8. The van der Waals surface area contributed by atoms with Crippen LogP contribution in [0.3, 0.4) is 0 Å². The standard InChI is InChI=1S/C14H12N2O3/c1-10-7-12(16(18)19)5-6-14(10)15-9-11-3-2-4-13(17)8-11/h2-9,17H,1H3. The van der Waals surface area contributed by atoms with Crippen molar-refractivity contribution in [2.45, 2.75) is 6.92 Å². The summed E-state index contributed by atoms with van der Waals surface area (Å²) in [6, 6.07) is 11.2. The SMILES string of the molecule is Cc1cc([N+](=O)[O-])ccc1N=Cc1cccc(O)c1. The van der Waals surface area contributed by atoms with Crippen molar-refractivity contribution in [2.75, 3.05) is 0 Å². The Labute approximate surface area is 110 Å². The van der Waals surface area contributed by atoms with Crippen LogP contribution in [0.2, 0.25) is 0 Å². The molecule has 0 atom stereocenters. The molecule has 5 heteroatoms. The summed E-state index contributed by atoms with van der Waals surface area (Å²) in [5.41, 5.74) is 2.20. The van der Waals surface area contributed by atoms with Gasteiger partial charge in [-0.3, -0.25) is 15.1 Å². The summed E-state index contributed by atoms with van der Waals surface area (Å²) in [4.78, 5) is 14.4. The molecule has 0 bridgehead atoms. The van der Waals surface area contributed by atoms with E-state index in [1.807, 2.05) is 6.07 Å². The zero-order valence-corrected chi connectivity index (χ0v) is 10.3. The lowest BCUT2D eigenvalue weighted by Gasteiger charge is -2.00. The fourth-order valence-corrected chi connectivity index (χ4v) is 1.65. The van der Waals surface area contributed by atoms with Crippen LogP contribution in [-0.2, 0) is 0 Å². The number of nitro benzene ring substituents is 1. The summed E-state index contributed by atoms with van der Waals surface area (Å²) < 4.78 is 0. The third kappa shape index (κ3) is 3.16. The number of hydrogen-bond donors (Lipinski definition) is 1. The molecule has 0 saturated carbocycles. The molecule has 0 heterocycles. The van der Waals surface area contributed by atoms with Gasteiger partial charge < -0.3 is 5.11 Å². The average molecular weight is 256 g/mol. The van der Waals surface area contributed by atoms with E-state index >= 15 is 0 Å². The van der Waals surface area contributed by atoms with Gasteiger partial charge in [0.25, 0.3) is 5.69 Å². The highest BCUT2D eigenvalue weighted by atomic mass is 16.6. The van der Waals surface area contributed by atoms with E-state index in [9.17, 15) is 15.2 Å². The molecule has 0 aliphatic heterocycles. The molecular weight excluding hydrogens is 244 g/mol.